The molecule has 0 aliphatic heterocycles. The molecule has 16 unspecified atom stereocenters. The quantitative estimate of drug-likeness (QED) is 0.264. The summed E-state index contributed by atoms with van der Waals surface area (Å²) >= 11 is 0. The van der Waals surface area contributed by atoms with Crippen LogP contribution in [-0.2, 0) is 0 Å². The first-order valence-corrected chi connectivity index (χ1v) is 28.3. The molecule has 58 heavy (non-hydrogen) atoms. The predicted octanol–water partition coefficient (Wildman–Crippen LogP) is 14.6. The average Bonchev–Trinajstić information content (AvgIpc) is 3.29. The summed E-state index contributed by atoms with van der Waals surface area (Å²) in [5.74, 6) is 14.9. The van der Waals surface area contributed by atoms with E-state index in [1.165, 1.54) is 38.5 Å². The van der Waals surface area contributed by atoms with E-state index in [0.29, 0.717) is 0 Å². The van der Waals surface area contributed by atoms with Crippen LogP contribution in [0.1, 0.15) is 231 Å². The predicted molar refractivity (Wildman–Crippen MR) is 241 cm³/mol. The Hall–Kier alpha value is -0.0800. The molecule has 0 heterocycles. The second kappa shape index (κ2) is 17.1. The molecule has 0 aromatic heterocycles. The summed E-state index contributed by atoms with van der Waals surface area (Å²) in [4.78, 5) is 7.22. The number of rotatable bonds is 6. The van der Waals surface area contributed by atoms with Gasteiger partial charge in [-0.2, -0.15) is 0 Å². The van der Waals surface area contributed by atoms with Gasteiger partial charge in [0.1, 0.15) is 0 Å². The van der Waals surface area contributed by atoms with Crippen LogP contribution in [0.3, 0.4) is 0 Å². The molecule has 0 bridgehead atoms. The van der Waals surface area contributed by atoms with Crippen LogP contribution in [0, 0.1) is 82.9 Å². The molecule has 12 saturated carbocycles. The summed E-state index contributed by atoms with van der Waals surface area (Å²) in [5, 5.41) is 0. The molecule has 12 fully saturated rings. The van der Waals surface area contributed by atoms with E-state index in [9.17, 15) is 0 Å². The highest BCUT2D eigenvalue weighted by molar-refractivity contribution is 5.13. The average molecular weight is 793 g/mol. The first-order valence-electron chi connectivity index (χ1n) is 28.3. The van der Waals surface area contributed by atoms with Gasteiger partial charge in [0.25, 0.3) is 0 Å². The van der Waals surface area contributed by atoms with Crippen molar-refractivity contribution in [1.82, 2.24) is 9.80 Å². The number of hydrogen-bond donors (Lipinski definition) is 0. The summed E-state index contributed by atoms with van der Waals surface area (Å²) in [5.41, 5.74) is 0. The fourth-order valence-electron chi connectivity index (χ4n) is 21.4. The van der Waals surface area contributed by atoms with Crippen LogP contribution in [0.4, 0.5) is 0 Å². The van der Waals surface area contributed by atoms with Gasteiger partial charge in [-0.05, 0) is 198 Å². The van der Waals surface area contributed by atoms with Gasteiger partial charge in [-0.25, -0.2) is 0 Å². The van der Waals surface area contributed by atoms with Gasteiger partial charge in [0.15, 0.2) is 0 Å². The molecule has 0 N–H and O–H groups in total. The van der Waals surface area contributed by atoms with E-state index in [1.54, 1.807) is 193 Å². The van der Waals surface area contributed by atoms with Crippen LogP contribution in [0.5, 0.6) is 0 Å². The Bertz CT molecular complexity index is 1220. The Kier molecular flexibility index (Phi) is 11.7. The van der Waals surface area contributed by atoms with Crippen LogP contribution in [-0.4, -0.2) is 46.1 Å². The Morgan fingerprint density at radius 1 is 0.224 bits per heavy atom. The highest BCUT2D eigenvalue weighted by Crippen LogP contribution is 2.64. The second-order valence-electron chi connectivity index (χ2n) is 25.2. The largest absolute Gasteiger partial charge is 0.294 e. The van der Waals surface area contributed by atoms with Gasteiger partial charge >= 0.3 is 0 Å². The highest BCUT2D eigenvalue weighted by atomic mass is 15.3. The number of hydrogen-bond acceptors (Lipinski definition) is 2. The standard InChI is InChI=1S/C56H92N2/c1-3-19-43(20-4-1)57(55-45-23-11-7-15-39(45)35-40-16-8-12-24-46(40)55)51-33-29-37-28-32-50-52(34-30-38-27-31-49(51)53(37)54(38)50)58(44-21-5-2-6-22-44)56-47-25-13-9-17-41(47)36-42-18-10-14-26-48(42)56/h37-56H,1-36H2. The topological polar surface area (TPSA) is 6.48 Å². The third-order valence-electron chi connectivity index (χ3n) is 23.2. The SMILES string of the molecule is C1CCC(N(C2CCC3CCC4C5C(CCC2C35)CCC4N(C2CCCCC2)C2C3CCCCC3CC3CCCCC32)C2C3CCCCC3CC3CCCCC32)CC1. The third-order valence-corrected chi connectivity index (χ3v) is 23.2. The molecule has 12 rings (SSSR count). The van der Waals surface area contributed by atoms with E-state index in [-0.39, 0.29) is 0 Å². The molecule has 0 saturated heterocycles. The van der Waals surface area contributed by atoms with Crippen molar-refractivity contribution in [2.45, 2.75) is 267 Å². The minimum absolute atomic E-state index is 0.930. The summed E-state index contributed by atoms with van der Waals surface area (Å²) in [6.07, 6.45) is 56.9. The Labute approximate surface area is 358 Å². The van der Waals surface area contributed by atoms with Crippen molar-refractivity contribution >= 4 is 0 Å². The molecule has 0 spiro atoms. The molecular weight excluding hydrogens is 701 g/mol. The van der Waals surface area contributed by atoms with Crippen LogP contribution in [0.25, 0.3) is 0 Å². The molecule has 2 nitrogen and oxygen atoms in total. The van der Waals surface area contributed by atoms with Gasteiger partial charge in [-0.1, -0.05) is 116 Å². The molecule has 326 valence electrons. The lowest BCUT2D eigenvalue weighted by Gasteiger charge is -2.66. The fourth-order valence-corrected chi connectivity index (χ4v) is 21.4. The van der Waals surface area contributed by atoms with E-state index in [1.807, 2.05) is 0 Å². The summed E-state index contributed by atoms with van der Waals surface area (Å²) in [6, 6.07) is 5.67. The van der Waals surface area contributed by atoms with E-state index in [4.69, 9.17) is 0 Å². The molecule has 12 aliphatic carbocycles. The maximum atomic E-state index is 3.61. The van der Waals surface area contributed by atoms with Crippen molar-refractivity contribution in [1.29, 1.82) is 0 Å². The van der Waals surface area contributed by atoms with E-state index in [2.05, 4.69) is 9.80 Å². The second-order valence-corrected chi connectivity index (χ2v) is 25.2. The molecule has 12 aliphatic rings. The summed E-state index contributed by atoms with van der Waals surface area (Å²) < 4.78 is 0. The zero-order valence-electron chi connectivity index (χ0n) is 37.9. The Morgan fingerprint density at radius 3 is 0.897 bits per heavy atom. The maximum absolute atomic E-state index is 3.61. The number of nitrogens with zero attached hydrogens (tertiary/aromatic N) is 2. The molecular formula is C56H92N2. The molecule has 0 amide bonds. The summed E-state index contributed by atoms with van der Waals surface area (Å²) in [6.45, 7) is 0. The Morgan fingerprint density at radius 2 is 0.534 bits per heavy atom. The maximum Gasteiger partial charge on any atom is 0.0163 e. The van der Waals surface area contributed by atoms with Crippen molar-refractivity contribution in [3.63, 3.8) is 0 Å². The Balaban J connectivity index is 0.894. The van der Waals surface area contributed by atoms with Crippen LogP contribution in [0.2, 0.25) is 0 Å². The van der Waals surface area contributed by atoms with E-state index < -0.39 is 0 Å². The van der Waals surface area contributed by atoms with Crippen molar-refractivity contribution in [3.8, 4) is 0 Å². The summed E-state index contributed by atoms with van der Waals surface area (Å²) in [7, 11) is 0. The molecule has 0 radical (unpaired) electrons. The van der Waals surface area contributed by atoms with Crippen LogP contribution < -0.4 is 0 Å². The van der Waals surface area contributed by atoms with Crippen LogP contribution in [0.15, 0.2) is 0 Å². The van der Waals surface area contributed by atoms with Crippen LogP contribution >= 0.6 is 0 Å². The monoisotopic (exact) mass is 793 g/mol. The van der Waals surface area contributed by atoms with Crippen molar-refractivity contribution in [2.75, 3.05) is 0 Å². The normalized spacial score (nSPS) is 51.2. The molecule has 2 heteroatoms. The molecule has 0 aromatic carbocycles. The lowest BCUT2D eigenvalue weighted by atomic mass is 9.46. The minimum atomic E-state index is 0.930. The lowest BCUT2D eigenvalue weighted by Crippen LogP contribution is -2.67. The molecule has 16 atom stereocenters. The molecule has 0 aromatic rings. The smallest absolute Gasteiger partial charge is 0.0163 e. The minimum Gasteiger partial charge on any atom is -0.294 e. The van der Waals surface area contributed by atoms with Gasteiger partial charge < -0.3 is 0 Å². The fraction of sp³-hybridized carbons (Fsp3) is 1.00. The highest BCUT2D eigenvalue weighted by Gasteiger charge is 2.61. The van der Waals surface area contributed by atoms with Crippen molar-refractivity contribution < 1.29 is 0 Å². The van der Waals surface area contributed by atoms with Gasteiger partial charge in [0.05, 0.1) is 0 Å². The first-order chi connectivity index (χ1) is 28.8. The van der Waals surface area contributed by atoms with Gasteiger partial charge in [0.2, 0.25) is 0 Å². The van der Waals surface area contributed by atoms with Crippen molar-refractivity contribution in [2.24, 2.45) is 82.9 Å². The lowest BCUT2D eigenvalue weighted by molar-refractivity contribution is -0.172. The van der Waals surface area contributed by atoms with Crippen molar-refractivity contribution in [3.05, 3.63) is 0 Å². The van der Waals surface area contributed by atoms with Gasteiger partial charge in [-0.3, -0.25) is 9.80 Å². The zero-order chi connectivity index (χ0) is 38.2. The van der Waals surface area contributed by atoms with Gasteiger partial charge in [0, 0.05) is 36.3 Å². The third kappa shape index (κ3) is 6.94. The van der Waals surface area contributed by atoms with E-state index >= 15 is 0 Å². The first kappa shape index (κ1) is 39.5. The van der Waals surface area contributed by atoms with Gasteiger partial charge in [-0.15, -0.1) is 0 Å². The number of fused-ring (bicyclic) bond motifs is 4. The zero-order valence-corrected chi connectivity index (χ0v) is 37.9. The van der Waals surface area contributed by atoms with E-state index in [0.717, 1.165) is 119 Å².